The summed E-state index contributed by atoms with van der Waals surface area (Å²) in [5.41, 5.74) is 7.20. The van der Waals surface area contributed by atoms with Gasteiger partial charge < -0.3 is 15.8 Å². The maximum atomic E-state index is 12.3. The van der Waals surface area contributed by atoms with E-state index in [9.17, 15) is 9.59 Å². The lowest BCUT2D eigenvalue weighted by molar-refractivity contribution is -0.125. The van der Waals surface area contributed by atoms with Gasteiger partial charge in [-0.25, -0.2) is 0 Å². The summed E-state index contributed by atoms with van der Waals surface area (Å²) in [6.07, 6.45) is 1.69. The number of amides is 2. The van der Waals surface area contributed by atoms with Crippen LogP contribution < -0.4 is 15.8 Å². The van der Waals surface area contributed by atoms with Gasteiger partial charge in [0.1, 0.15) is 12.4 Å². The first-order valence-electron chi connectivity index (χ1n) is 9.18. The Morgan fingerprint density at radius 2 is 1.85 bits per heavy atom. The molecule has 0 aliphatic carbocycles. The number of ether oxygens (including phenoxy) is 1. The van der Waals surface area contributed by atoms with Crippen LogP contribution in [0.4, 0.5) is 5.69 Å². The fourth-order valence-corrected chi connectivity index (χ4v) is 3.21. The Hall–Kier alpha value is -2.86. The molecule has 6 nitrogen and oxygen atoms in total. The molecule has 3 rings (SSSR count). The summed E-state index contributed by atoms with van der Waals surface area (Å²) in [4.78, 5) is 25.6. The number of benzene rings is 2. The van der Waals surface area contributed by atoms with Crippen LogP contribution in [0.2, 0.25) is 0 Å². The van der Waals surface area contributed by atoms with Gasteiger partial charge in [0.25, 0.3) is 0 Å². The van der Waals surface area contributed by atoms with Crippen LogP contribution in [0.5, 0.6) is 5.75 Å². The molecule has 6 heteroatoms. The molecule has 0 saturated carbocycles. The average molecular weight is 367 g/mol. The van der Waals surface area contributed by atoms with Gasteiger partial charge in [0, 0.05) is 12.2 Å². The Bertz CT molecular complexity index is 762. The molecule has 2 aromatic rings. The zero-order valence-corrected chi connectivity index (χ0v) is 15.3. The topological polar surface area (TPSA) is 84.7 Å². The van der Waals surface area contributed by atoms with E-state index in [4.69, 9.17) is 10.5 Å². The summed E-state index contributed by atoms with van der Waals surface area (Å²) in [7, 11) is 0. The molecule has 0 spiro atoms. The monoisotopic (exact) mass is 367 g/mol. The molecule has 1 aliphatic heterocycles. The Kier molecular flexibility index (Phi) is 6.44. The third kappa shape index (κ3) is 5.82. The number of piperidine rings is 1. The molecule has 1 fully saturated rings. The van der Waals surface area contributed by atoms with E-state index in [-0.39, 0.29) is 24.3 Å². The maximum absolute atomic E-state index is 12.3. The second-order valence-corrected chi connectivity index (χ2v) is 6.82. The lowest BCUT2D eigenvalue weighted by Gasteiger charge is -2.30. The minimum absolute atomic E-state index is 0.0990. The number of likely N-dealkylation sites (tertiary alicyclic amines) is 1. The Morgan fingerprint density at radius 3 is 2.56 bits per heavy atom. The molecular formula is C21H25N3O3. The van der Waals surface area contributed by atoms with Crippen molar-refractivity contribution in [3.8, 4) is 5.75 Å². The SMILES string of the molecule is NC(=O)[C@@H]1CCCN(CC(=O)Nc2ccc(OCc3ccccc3)cc2)C1. The van der Waals surface area contributed by atoms with Crippen molar-refractivity contribution < 1.29 is 14.3 Å². The lowest BCUT2D eigenvalue weighted by atomic mass is 9.97. The first kappa shape index (κ1) is 18.9. The van der Waals surface area contributed by atoms with Crippen molar-refractivity contribution in [2.24, 2.45) is 11.7 Å². The molecule has 0 aromatic heterocycles. The number of nitrogens with one attached hydrogen (secondary N) is 1. The van der Waals surface area contributed by atoms with Crippen molar-refractivity contribution in [3.63, 3.8) is 0 Å². The second-order valence-electron chi connectivity index (χ2n) is 6.82. The van der Waals surface area contributed by atoms with Gasteiger partial charge in [-0.3, -0.25) is 14.5 Å². The van der Waals surface area contributed by atoms with Gasteiger partial charge in [0.15, 0.2) is 0 Å². The highest BCUT2D eigenvalue weighted by molar-refractivity contribution is 5.92. The highest BCUT2D eigenvalue weighted by atomic mass is 16.5. The fraction of sp³-hybridized carbons (Fsp3) is 0.333. The van der Waals surface area contributed by atoms with Crippen molar-refractivity contribution in [2.75, 3.05) is 25.0 Å². The van der Waals surface area contributed by atoms with Crippen molar-refractivity contribution in [1.82, 2.24) is 4.90 Å². The van der Waals surface area contributed by atoms with E-state index in [0.29, 0.717) is 13.2 Å². The Morgan fingerprint density at radius 1 is 1.11 bits per heavy atom. The number of hydrogen-bond acceptors (Lipinski definition) is 4. The average Bonchev–Trinajstić information content (AvgIpc) is 2.68. The Labute approximate surface area is 159 Å². The first-order valence-corrected chi connectivity index (χ1v) is 9.18. The molecule has 0 radical (unpaired) electrons. The van der Waals surface area contributed by atoms with Crippen molar-refractivity contribution >= 4 is 17.5 Å². The van der Waals surface area contributed by atoms with Crippen LogP contribution in [0.1, 0.15) is 18.4 Å². The standard InChI is InChI=1S/C21H25N3O3/c22-21(26)17-7-4-12-24(13-17)14-20(25)23-18-8-10-19(11-9-18)27-15-16-5-2-1-3-6-16/h1-3,5-6,8-11,17H,4,7,12-15H2,(H2,22,26)(H,23,25)/t17-/m1/s1. The molecule has 1 heterocycles. The number of carbonyl (C=O) groups is 2. The van der Waals surface area contributed by atoms with E-state index in [1.807, 2.05) is 59.5 Å². The molecule has 1 saturated heterocycles. The second kappa shape index (κ2) is 9.19. The van der Waals surface area contributed by atoms with Gasteiger partial charge in [-0.15, -0.1) is 0 Å². The first-order chi connectivity index (χ1) is 13.1. The summed E-state index contributed by atoms with van der Waals surface area (Å²) in [6.45, 7) is 2.12. The van der Waals surface area contributed by atoms with Crippen molar-refractivity contribution in [3.05, 3.63) is 60.2 Å². The fourth-order valence-electron chi connectivity index (χ4n) is 3.21. The molecule has 0 bridgehead atoms. The molecular weight excluding hydrogens is 342 g/mol. The van der Waals surface area contributed by atoms with Crippen molar-refractivity contribution in [2.45, 2.75) is 19.4 Å². The predicted molar refractivity (Wildman–Crippen MR) is 104 cm³/mol. The molecule has 3 N–H and O–H groups in total. The molecule has 0 unspecified atom stereocenters. The minimum Gasteiger partial charge on any atom is -0.489 e. The number of carbonyl (C=O) groups excluding carboxylic acids is 2. The number of rotatable bonds is 7. The van der Waals surface area contributed by atoms with E-state index in [1.165, 1.54) is 0 Å². The molecule has 142 valence electrons. The van der Waals surface area contributed by atoms with Crippen molar-refractivity contribution in [1.29, 1.82) is 0 Å². The zero-order chi connectivity index (χ0) is 19.1. The van der Waals surface area contributed by atoms with Crippen LogP contribution >= 0.6 is 0 Å². The lowest BCUT2D eigenvalue weighted by Crippen LogP contribution is -2.44. The van der Waals surface area contributed by atoms with Crippen LogP contribution in [0.15, 0.2) is 54.6 Å². The summed E-state index contributed by atoms with van der Waals surface area (Å²) in [5.74, 6) is 0.203. The molecule has 1 aliphatic rings. The summed E-state index contributed by atoms with van der Waals surface area (Å²) in [5, 5.41) is 2.88. The van der Waals surface area contributed by atoms with E-state index < -0.39 is 0 Å². The largest absolute Gasteiger partial charge is 0.489 e. The molecule has 1 atom stereocenters. The Balaban J connectivity index is 1.46. The van der Waals surface area contributed by atoms with E-state index in [2.05, 4.69) is 5.32 Å². The number of nitrogens with two attached hydrogens (primary N) is 1. The van der Waals surface area contributed by atoms with Gasteiger partial charge in [-0.05, 0) is 49.2 Å². The van der Waals surface area contributed by atoms with Gasteiger partial charge in [-0.2, -0.15) is 0 Å². The summed E-state index contributed by atoms with van der Waals surface area (Å²) >= 11 is 0. The smallest absolute Gasteiger partial charge is 0.238 e. The molecule has 27 heavy (non-hydrogen) atoms. The molecule has 2 aromatic carbocycles. The van der Waals surface area contributed by atoms with Gasteiger partial charge in [0.05, 0.1) is 12.5 Å². The van der Waals surface area contributed by atoms with Gasteiger partial charge >= 0.3 is 0 Å². The van der Waals surface area contributed by atoms with Crippen LogP contribution in [0.25, 0.3) is 0 Å². The van der Waals surface area contributed by atoms with E-state index >= 15 is 0 Å². The van der Waals surface area contributed by atoms with E-state index in [0.717, 1.165) is 36.4 Å². The normalized spacial score (nSPS) is 17.3. The zero-order valence-electron chi connectivity index (χ0n) is 15.3. The third-order valence-electron chi connectivity index (χ3n) is 4.66. The van der Waals surface area contributed by atoms with Gasteiger partial charge in [0.2, 0.25) is 11.8 Å². The minimum atomic E-state index is -0.286. The van der Waals surface area contributed by atoms with Gasteiger partial charge in [-0.1, -0.05) is 30.3 Å². The van der Waals surface area contributed by atoms with Crippen LogP contribution in [0.3, 0.4) is 0 Å². The number of hydrogen-bond donors (Lipinski definition) is 2. The van der Waals surface area contributed by atoms with Crippen LogP contribution in [0, 0.1) is 5.92 Å². The van der Waals surface area contributed by atoms with Crippen LogP contribution in [-0.2, 0) is 16.2 Å². The molecule has 2 amide bonds. The van der Waals surface area contributed by atoms with Crippen LogP contribution in [-0.4, -0.2) is 36.3 Å². The highest BCUT2D eigenvalue weighted by Crippen LogP contribution is 2.18. The number of nitrogens with zero attached hydrogens (tertiary/aromatic N) is 1. The predicted octanol–water partition coefficient (Wildman–Crippen LogP) is 2.40. The summed E-state index contributed by atoms with van der Waals surface area (Å²) in [6, 6.07) is 17.3. The van der Waals surface area contributed by atoms with E-state index in [1.54, 1.807) is 0 Å². The highest BCUT2D eigenvalue weighted by Gasteiger charge is 2.25. The third-order valence-corrected chi connectivity index (χ3v) is 4.66. The number of primary amides is 1. The number of anilines is 1. The quantitative estimate of drug-likeness (QED) is 0.787. The maximum Gasteiger partial charge on any atom is 0.238 e. The summed E-state index contributed by atoms with van der Waals surface area (Å²) < 4.78 is 5.74.